The van der Waals surface area contributed by atoms with E-state index in [-0.39, 0.29) is 6.04 Å². The number of piperidine rings is 1. The smallest absolute Gasteiger partial charge is 0.309 e. The van der Waals surface area contributed by atoms with E-state index >= 15 is 0 Å². The van der Waals surface area contributed by atoms with E-state index in [1.165, 1.54) is 0 Å². The summed E-state index contributed by atoms with van der Waals surface area (Å²) in [5.41, 5.74) is 0. The molecule has 1 saturated heterocycles. The molecule has 3 N–H and O–H groups in total. The minimum atomic E-state index is -0.858. The summed E-state index contributed by atoms with van der Waals surface area (Å²) in [7, 11) is 0. The summed E-state index contributed by atoms with van der Waals surface area (Å²) >= 11 is 0. The molecule has 2 aliphatic rings. The second-order valence-corrected chi connectivity index (χ2v) is 4.39. The molecule has 1 aliphatic carbocycles. The molecule has 0 spiro atoms. The quantitative estimate of drug-likeness (QED) is 0.564. The van der Waals surface area contributed by atoms with Gasteiger partial charge in [0.25, 0.3) is 0 Å². The predicted octanol–water partition coefficient (Wildman–Crippen LogP) is 0.210. The molecule has 0 aromatic heterocycles. The van der Waals surface area contributed by atoms with Gasteiger partial charge in [0.1, 0.15) is 0 Å². The van der Waals surface area contributed by atoms with E-state index in [9.17, 15) is 9.90 Å². The third-order valence-corrected chi connectivity index (χ3v) is 3.59. The van der Waals surface area contributed by atoms with Crippen molar-refractivity contribution in [3.8, 4) is 0 Å². The van der Waals surface area contributed by atoms with Gasteiger partial charge in [-0.2, -0.15) is 0 Å². The molecule has 2 rings (SSSR count). The number of carbonyl (C=O) groups is 1. The Balaban J connectivity index is 2.06. The van der Waals surface area contributed by atoms with Crippen molar-refractivity contribution in [2.75, 3.05) is 6.54 Å². The van der Waals surface area contributed by atoms with Crippen LogP contribution in [0.4, 0.5) is 0 Å². The number of hydrogen-bond acceptors (Lipinski definition) is 3. The molecule has 0 aromatic carbocycles. The molecule has 80 valence electrons. The van der Waals surface area contributed by atoms with Crippen LogP contribution in [-0.2, 0) is 4.79 Å². The molecule has 14 heavy (non-hydrogen) atoms. The lowest BCUT2D eigenvalue weighted by Crippen LogP contribution is -2.55. The molecular weight excluding hydrogens is 182 g/mol. The predicted molar refractivity (Wildman–Crippen MR) is 50.9 cm³/mol. The van der Waals surface area contributed by atoms with Crippen LogP contribution in [0.1, 0.15) is 25.7 Å². The van der Waals surface area contributed by atoms with Gasteiger partial charge in [-0.05, 0) is 38.1 Å². The van der Waals surface area contributed by atoms with Crippen LogP contribution in [0.25, 0.3) is 0 Å². The fourth-order valence-electron chi connectivity index (χ4n) is 2.79. The lowest BCUT2D eigenvalue weighted by molar-refractivity contribution is -0.150. The van der Waals surface area contributed by atoms with E-state index in [0.717, 1.165) is 25.8 Å². The molecule has 1 saturated carbocycles. The Hall–Kier alpha value is -0.610. The van der Waals surface area contributed by atoms with Crippen LogP contribution < -0.4 is 5.32 Å². The van der Waals surface area contributed by atoms with Crippen molar-refractivity contribution in [3.05, 3.63) is 0 Å². The number of aliphatic carboxylic acids is 1. The Labute approximate surface area is 83.3 Å². The van der Waals surface area contributed by atoms with Crippen molar-refractivity contribution in [1.82, 2.24) is 5.32 Å². The minimum absolute atomic E-state index is 0.0126. The van der Waals surface area contributed by atoms with Crippen molar-refractivity contribution in [3.63, 3.8) is 0 Å². The fourth-order valence-corrected chi connectivity index (χ4v) is 2.79. The van der Waals surface area contributed by atoms with Crippen LogP contribution in [0.3, 0.4) is 0 Å². The zero-order chi connectivity index (χ0) is 10.1. The first-order valence-electron chi connectivity index (χ1n) is 5.34. The lowest BCUT2D eigenvalue weighted by atomic mass is 9.73. The van der Waals surface area contributed by atoms with Gasteiger partial charge in [-0.3, -0.25) is 4.79 Å². The standard InChI is InChI=1S/C10H17NO3/c12-9-7(10(13)14)4-3-6-2-1-5-11-8(6)9/h6-9,11-12H,1-5H2,(H,13,14)/t6-,7+,8-,9-/m0/s1. The highest BCUT2D eigenvalue weighted by molar-refractivity contribution is 5.71. The number of fused-ring (bicyclic) bond motifs is 1. The fraction of sp³-hybridized carbons (Fsp3) is 0.900. The monoisotopic (exact) mass is 199 g/mol. The first-order chi connectivity index (χ1) is 6.70. The average Bonchev–Trinajstić information content (AvgIpc) is 2.18. The van der Waals surface area contributed by atoms with Gasteiger partial charge in [0, 0.05) is 6.04 Å². The topological polar surface area (TPSA) is 69.6 Å². The third kappa shape index (κ3) is 1.64. The molecule has 4 atom stereocenters. The number of aliphatic hydroxyl groups is 1. The van der Waals surface area contributed by atoms with E-state index in [0.29, 0.717) is 12.3 Å². The van der Waals surface area contributed by atoms with Gasteiger partial charge >= 0.3 is 5.97 Å². The number of hydrogen-bond donors (Lipinski definition) is 3. The summed E-state index contributed by atoms with van der Waals surface area (Å²) < 4.78 is 0. The molecular formula is C10H17NO3. The third-order valence-electron chi connectivity index (χ3n) is 3.59. The average molecular weight is 199 g/mol. The lowest BCUT2D eigenvalue weighted by Gasteiger charge is -2.42. The number of rotatable bonds is 1. The van der Waals surface area contributed by atoms with Gasteiger partial charge < -0.3 is 15.5 Å². The van der Waals surface area contributed by atoms with Gasteiger partial charge in [-0.25, -0.2) is 0 Å². The van der Waals surface area contributed by atoms with Gasteiger partial charge in [-0.15, -0.1) is 0 Å². The van der Waals surface area contributed by atoms with E-state index in [1.54, 1.807) is 0 Å². The highest BCUT2D eigenvalue weighted by Gasteiger charge is 2.42. The van der Waals surface area contributed by atoms with Gasteiger partial charge in [-0.1, -0.05) is 0 Å². The highest BCUT2D eigenvalue weighted by Crippen LogP contribution is 2.34. The van der Waals surface area contributed by atoms with Crippen molar-refractivity contribution in [2.24, 2.45) is 11.8 Å². The molecule has 0 unspecified atom stereocenters. The first kappa shape index (κ1) is 9.93. The van der Waals surface area contributed by atoms with Gasteiger partial charge in [0.15, 0.2) is 0 Å². The van der Waals surface area contributed by atoms with Crippen LogP contribution in [-0.4, -0.2) is 34.9 Å². The van der Waals surface area contributed by atoms with Crippen molar-refractivity contribution in [2.45, 2.75) is 37.8 Å². The number of carboxylic acids is 1. The Bertz CT molecular complexity index is 231. The molecule has 4 heteroatoms. The van der Waals surface area contributed by atoms with Crippen LogP contribution in [0.5, 0.6) is 0 Å². The minimum Gasteiger partial charge on any atom is -0.481 e. The summed E-state index contributed by atoms with van der Waals surface area (Å²) in [6, 6.07) is 0.0126. The summed E-state index contributed by atoms with van der Waals surface area (Å²) in [5, 5.41) is 22.0. The summed E-state index contributed by atoms with van der Waals surface area (Å²) in [4.78, 5) is 10.9. The number of carboxylic acid groups (broad SMARTS) is 1. The Morgan fingerprint density at radius 1 is 1.29 bits per heavy atom. The zero-order valence-electron chi connectivity index (χ0n) is 8.15. The van der Waals surface area contributed by atoms with Crippen LogP contribution in [0.15, 0.2) is 0 Å². The highest BCUT2D eigenvalue weighted by atomic mass is 16.4. The van der Waals surface area contributed by atoms with Crippen LogP contribution in [0.2, 0.25) is 0 Å². The normalized spacial score (nSPS) is 42.9. The molecule has 0 aromatic rings. The second kappa shape index (κ2) is 3.87. The van der Waals surface area contributed by atoms with Crippen LogP contribution >= 0.6 is 0 Å². The molecule has 2 fully saturated rings. The largest absolute Gasteiger partial charge is 0.481 e. The Kier molecular flexibility index (Phi) is 2.74. The van der Waals surface area contributed by atoms with E-state index in [1.807, 2.05) is 0 Å². The maximum atomic E-state index is 10.9. The molecule has 4 nitrogen and oxygen atoms in total. The van der Waals surface area contributed by atoms with Crippen molar-refractivity contribution in [1.29, 1.82) is 0 Å². The molecule has 0 radical (unpaired) electrons. The second-order valence-electron chi connectivity index (χ2n) is 4.39. The SMILES string of the molecule is O=C(O)[C@@H]1CC[C@@H]2CCCN[C@@H]2[C@H]1O. The summed E-state index contributed by atoms with van der Waals surface area (Å²) in [5.74, 6) is -0.945. The van der Waals surface area contributed by atoms with Crippen LogP contribution in [0, 0.1) is 11.8 Å². The number of nitrogens with one attached hydrogen (secondary N) is 1. The maximum Gasteiger partial charge on any atom is 0.309 e. The van der Waals surface area contributed by atoms with Gasteiger partial charge in [0.05, 0.1) is 12.0 Å². The Morgan fingerprint density at radius 3 is 2.79 bits per heavy atom. The van der Waals surface area contributed by atoms with Crippen molar-refractivity contribution >= 4 is 5.97 Å². The van der Waals surface area contributed by atoms with E-state index in [4.69, 9.17) is 5.11 Å². The van der Waals surface area contributed by atoms with E-state index in [2.05, 4.69) is 5.32 Å². The van der Waals surface area contributed by atoms with E-state index < -0.39 is 18.0 Å². The number of aliphatic hydroxyl groups excluding tert-OH is 1. The Morgan fingerprint density at radius 2 is 2.07 bits per heavy atom. The molecule has 1 aliphatic heterocycles. The zero-order valence-corrected chi connectivity index (χ0v) is 8.15. The van der Waals surface area contributed by atoms with Gasteiger partial charge in [0.2, 0.25) is 0 Å². The summed E-state index contributed by atoms with van der Waals surface area (Å²) in [6.07, 6.45) is 3.13. The van der Waals surface area contributed by atoms with Crippen molar-refractivity contribution < 1.29 is 15.0 Å². The molecule has 0 amide bonds. The summed E-state index contributed by atoms with van der Waals surface area (Å²) in [6.45, 7) is 0.907. The maximum absolute atomic E-state index is 10.9. The first-order valence-corrected chi connectivity index (χ1v) is 5.34. The molecule has 0 bridgehead atoms. The molecule has 1 heterocycles.